The van der Waals surface area contributed by atoms with Gasteiger partial charge in [-0.2, -0.15) is 5.10 Å². The van der Waals surface area contributed by atoms with Crippen molar-refractivity contribution in [2.75, 3.05) is 13.1 Å². The summed E-state index contributed by atoms with van der Waals surface area (Å²) in [5, 5.41) is 12.9. The predicted octanol–water partition coefficient (Wildman–Crippen LogP) is 3.69. The summed E-state index contributed by atoms with van der Waals surface area (Å²) in [6.07, 6.45) is 11.3. The minimum atomic E-state index is 0.232. The average Bonchev–Trinajstić information content (AvgIpc) is 3.43. The van der Waals surface area contributed by atoms with Crippen molar-refractivity contribution in [3.8, 4) is 28.3 Å². The number of hydrogen-bond donors (Lipinski definition) is 3. The number of hydrogen-bond acceptors (Lipinski definition) is 6. The molecule has 5 aromatic heterocycles. The highest BCUT2D eigenvalue weighted by atomic mass is 16.5. The summed E-state index contributed by atoms with van der Waals surface area (Å²) in [7, 11) is 0. The van der Waals surface area contributed by atoms with Gasteiger partial charge in [0.1, 0.15) is 17.5 Å². The normalized spacial score (nSPS) is 15.0. The van der Waals surface area contributed by atoms with Gasteiger partial charge in [-0.3, -0.25) is 15.1 Å². The first-order chi connectivity index (χ1) is 15.3. The van der Waals surface area contributed by atoms with Gasteiger partial charge in [-0.25, -0.2) is 4.98 Å². The zero-order valence-electron chi connectivity index (χ0n) is 16.8. The van der Waals surface area contributed by atoms with Crippen molar-refractivity contribution < 1.29 is 4.74 Å². The number of piperidine rings is 1. The van der Waals surface area contributed by atoms with Gasteiger partial charge >= 0.3 is 0 Å². The quantitative estimate of drug-likeness (QED) is 0.417. The largest absolute Gasteiger partial charge is 0.489 e. The van der Waals surface area contributed by atoms with Crippen LogP contribution in [0.3, 0.4) is 0 Å². The molecule has 1 aliphatic heterocycles. The minimum absolute atomic E-state index is 0.232. The van der Waals surface area contributed by atoms with E-state index in [0.29, 0.717) is 0 Å². The molecule has 5 aromatic rings. The Kier molecular flexibility index (Phi) is 4.35. The van der Waals surface area contributed by atoms with E-state index in [1.807, 2.05) is 30.7 Å². The molecule has 1 fully saturated rings. The van der Waals surface area contributed by atoms with Crippen molar-refractivity contribution in [1.82, 2.24) is 35.5 Å². The van der Waals surface area contributed by atoms with Gasteiger partial charge in [0.25, 0.3) is 0 Å². The summed E-state index contributed by atoms with van der Waals surface area (Å²) >= 11 is 0. The fourth-order valence-corrected chi connectivity index (χ4v) is 4.11. The average molecular weight is 411 g/mol. The Morgan fingerprint density at radius 1 is 0.935 bits per heavy atom. The lowest BCUT2D eigenvalue weighted by Crippen LogP contribution is -2.34. The van der Waals surface area contributed by atoms with E-state index in [9.17, 15) is 0 Å². The van der Waals surface area contributed by atoms with Crippen LogP contribution in [0, 0.1) is 0 Å². The topological polar surface area (TPSA) is 104 Å². The number of pyridine rings is 3. The van der Waals surface area contributed by atoms with Crippen LogP contribution in [0.2, 0.25) is 0 Å². The molecule has 1 saturated heterocycles. The predicted molar refractivity (Wildman–Crippen MR) is 119 cm³/mol. The van der Waals surface area contributed by atoms with Crippen LogP contribution in [-0.2, 0) is 0 Å². The van der Waals surface area contributed by atoms with E-state index >= 15 is 0 Å². The Balaban J connectivity index is 1.36. The number of aromatic amines is 2. The molecule has 31 heavy (non-hydrogen) atoms. The Morgan fingerprint density at radius 2 is 1.84 bits per heavy atom. The van der Waals surface area contributed by atoms with Gasteiger partial charge in [-0.05, 0) is 50.2 Å². The second-order valence-corrected chi connectivity index (χ2v) is 7.81. The van der Waals surface area contributed by atoms with E-state index in [1.165, 1.54) is 0 Å². The summed E-state index contributed by atoms with van der Waals surface area (Å²) in [4.78, 5) is 16.6. The van der Waals surface area contributed by atoms with Crippen molar-refractivity contribution in [2.24, 2.45) is 0 Å². The molecule has 0 amide bonds. The Hall–Kier alpha value is -3.78. The van der Waals surface area contributed by atoms with Crippen LogP contribution in [0.1, 0.15) is 12.8 Å². The number of nitrogens with zero attached hydrogens (tertiary/aromatic N) is 4. The molecule has 3 N–H and O–H groups in total. The van der Waals surface area contributed by atoms with Gasteiger partial charge in [0.2, 0.25) is 0 Å². The monoisotopic (exact) mass is 411 g/mol. The number of rotatable bonds is 4. The molecule has 0 spiro atoms. The number of ether oxygens (including phenoxy) is 1. The van der Waals surface area contributed by atoms with E-state index in [1.54, 1.807) is 12.4 Å². The zero-order valence-corrected chi connectivity index (χ0v) is 16.8. The Bertz CT molecular complexity index is 1330. The summed E-state index contributed by atoms with van der Waals surface area (Å²) in [6, 6.07) is 8.14. The Labute approximate surface area is 178 Å². The highest BCUT2D eigenvalue weighted by Gasteiger charge is 2.16. The van der Waals surface area contributed by atoms with Crippen LogP contribution in [0.15, 0.2) is 55.2 Å². The molecule has 0 unspecified atom stereocenters. The van der Waals surface area contributed by atoms with Crippen molar-refractivity contribution in [3.63, 3.8) is 0 Å². The number of H-pyrrole nitrogens is 2. The van der Waals surface area contributed by atoms with Gasteiger partial charge < -0.3 is 15.0 Å². The van der Waals surface area contributed by atoms with E-state index in [2.05, 4.69) is 47.6 Å². The lowest BCUT2D eigenvalue weighted by atomic mass is 10.1. The van der Waals surface area contributed by atoms with E-state index < -0.39 is 0 Å². The molecule has 6 heterocycles. The highest BCUT2D eigenvalue weighted by Crippen LogP contribution is 2.31. The van der Waals surface area contributed by atoms with Crippen molar-refractivity contribution >= 4 is 21.9 Å². The molecule has 154 valence electrons. The van der Waals surface area contributed by atoms with Crippen molar-refractivity contribution in [2.45, 2.75) is 18.9 Å². The summed E-state index contributed by atoms with van der Waals surface area (Å²) in [6.45, 7) is 1.98. The third-order valence-corrected chi connectivity index (χ3v) is 5.73. The zero-order chi connectivity index (χ0) is 20.6. The molecule has 0 radical (unpaired) electrons. The lowest BCUT2D eigenvalue weighted by molar-refractivity contribution is 0.162. The first kappa shape index (κ1) is 18.0. The van der Waals surface area contributed by atoms with E-state index in [4.69, 9.17) is 4.74 Å². The summed E-state index contributed by atoms with van der Waals surface area (Å²) < 4.78 is 6.16. The molecule has 6 rings (SSSR count). The van der Waals surface area contributed by atoms with Gasteiger partial charge in [0.15, 0.2) is 5.65 Å². The van der Waals surface area contributed by atoms with Crippen LogP contribution in [-0.4, -0.2) is 49.3 Å². The lowest BCUT2D eigenvalue weighted by Gasteiger charge is -2.23. The van der Waals surface area contributed by atoms with E-state index in [0.717, 1.165) is 76.1 Å². The molecule has 0 saturated carbocycles. The Morgan fingerprint density at radius 3 is 2.74 bits per heavy atom. The molecule has 0 bridgehead atoms. The molecular formula is C23H21N7O. The maximum absolute atomic E-state index is 6.16. The smallest absolute Gasteiger partial charge is 0.155 e. The molecule has 8 nitrogen and oxygen atoms in total. The third kappa shape index (κ3) is 3.40. The SMILES string of the molecule is c1cc2[nH]c(-c3n[nH]c4ncc(-c5cncc(OC6CCNCC6)c5)cc34)cc2cn1. The van der Waals surface area contributed by atoms with Crippen LogP contribution < -0.4 is 10.1 Å². The fraction of sp³-hybridized carbons (Fsp3) is 0.217. The summed E-state index contributed by atoms with van der Waals surface area (Å²) in [5.41, 5.74) is 5.46. The maximum Gasteiger partial charge on any atom is 0.155 e. The molecule has 8 heteroatoms. The van der Waals surface area contributed by atoms with Gasteiger partial charge in [-0.1, -0.05) is 0 Å². The number of aromatic nitrogens is 6. The number of fused-ring (bicyclic) bond motifs is 2. The van der Waals surface area contributed by atoms with E-state index in [-0.39, 0.29) is 6.10 Å². The maximum atomic E-state index is 6.16. The van der Waals surface area contributed by atoms with Gasteiger partial charge in [0, 0.05) is 52.2 Å². The molecule has 1 aliphatic rings. The van der Waals surface area contributed by atoms with Crippen LogP contribution in [0.25, 0.3) is 44.5 Å². The van der Waals surface area contributed by atoms with Crippen molar-refractivity contribution in [1.29, 1.82) is 0 Å². The molecule has 0 aromatic carbocycles. The molecular weight excluding hydrogens is 390 g/mol. The minimum Gasteiger partial charge on any atom is -0.489 e. The standard InChI is InChI=1S/C23H21N7O/c1-4-24-5-2-17(1)31-18-7-14(10-26-13-18)15-8-19-22(29-30-23(19)27-12-15)21-9-16-11-25-6-3-20(16)28-21/h3,6-13,17,24,28H,1-2,4-5H2,(H,27,29,30). The summed E-state index contributed by atoms with van der Waals surface area (Å²) in [5.74, 6) is 0.792. The van der Waals surface area contributed by atoms with Crippen LogP contribution >= 0.6 is 0 Å². The second-order valence-electron chi connectivity index (χ2n) is 7.81. The molecule has 0 atom stereocenters. The van der Waals surface area contributed by atoms with Crippen LogP contribution in [0.5, 0.6) is 5.75 Å². The first-order valence-corrected chi connectivity index (χ1v) is 10.4. The third-order valence-electron chi connectivity index (χ3n) is 5.73. The molecule has 0 aliphatic carbocycles. The second kappa shape index (κ2) is 7.48. The van der Waals surface area contributed by atoms with Gasteiger partial charge in [0.05, 0.1) is 11.9 Å². The fourth-order valence-electron chi connectivity index (χ4n) is 4.11. The van der Waals surface area contributed by atoms with Crippen molar-refractivity contribution in [3.05, 3.63) is 55.2 Å². The van der Waals surface area contributed by atoms with Crippen LogP contribution in [0.4, 0.5) is 0 Å². The first-order valence-electron chi connectivity index (χ1n) is 10.4. The number of nitrogens with one attached hydrogen (secondary N) is 3. The highest BCUT2D eigenvalue weighted by molar-refractivity contribution is 5.95. The van der Waals surface area contributed by atoms with Gasteiger partial charge in [-0.15, -0.1) is 0 Å².